The number of ether oxygens (including phenoxy) is 3. The third-order valence-electron chi connectivity index (χ3n) is 4.45. The maximum absolute atomic E-state index is 5.84. The van der Waals surface area contributed by atoms with Gasteiger partial charge in [0, 0.05) is 12.1 Å². The molecule has 27 heavy (non-hydrogen) atoms. The average molecular weight is 367 g/mol. The second kappa shape index (κ2) is 7.67. The zero-order chi connectivity index (χ0) is 18.6. The van der Waals surface area contributed by atoms with Crippen LogP contribution < -0.4 is 14.2 Å². The van der Waals surface area contributed by atoms with Gasteiger partial charge in [-0.1, -0.05) is 13.0 Å². The molecule has 0 aliphatic carbocycles. The van der Waals surface area contributed by atoms with Crippen molar-refractivity contribution in [2.75, 3.05) is 20.4 Å². The molecule has 7 nitrogen and oxygen atoms in total. The molecule has 0 radical (unpaired) electrons. The van der Waals surface area contributed by atoms with Gasteiger partial charge < -0.3 is 18.6 Å². The van der Waals surface area contributed by atoms with Crippen LogP contribution in [0.2, 0.25) is 0 Å². The second-order valence-electron chi connectivity index (χ2n) is 6.22. The van der Waals surface area contributed by atoms with Crippen molar-refractivity contribution in [3.63, 3.8) is 0 Å². The van der Waals surface area contributed by atoms with E-state index in [0.717, 1.165) is 41.5 Å². The van der Waals surface area contributed by atoms with Crippen molar-refractivity contribution in [3.05, 3.63) is 53.9 Å². The third kappa shape index (κ3) is 3.88. The lowest BCUT2D eigenvalue weighted by molar-refractivity contribution is 0.174. The van der Waals surface area contributed by atoms with Gasteiger partial charge in [0.2, 0.25) is 18.6 Å². The summed E-state index contributed by atoms with van der Waals surface area (Å²) in [4.78, 5) is 2.23. The van der Waals surface area contributed by atoms with E-state index in [-0.39, 0.29) is 6.79 Å². The molecule has 3 aromatic rings. The molecular weight excluding hydrogens is 346 g/mol. The normalized spacial score (nSPS) is 12.6. The van der Waals surface area contributed by atoms with Crippen molar-refractivity contribution in [2.24, 2.45) is 0 Å². The van der Waals surface area contributed by atoms with Crippen LogP contribution in [0.5, 0.6) is 17.2 Å². The Morgan fingerprint density at radius 2 is 1.81 bits per heavy atom. The summed E-state index contributed by atoms with van der Waals surface area (Å²) in [7, 11) is 1.64. The van der Waals surface area contributed by atoms with Crippen LogP contribution in [0, 0.1) is 0 Å². The quantitative estimate of drug-likeness (QED) is 0.633. The van der Waals surface area contributed by atoms with Gasteiger partial charge in [0.15, 0.2) is 11.5 Å². The van der Waals surface area contributed by atoms with Crippen molar-refractivity contribution in [3.8, 4) is 28.7 Å². The predicted octanol–water partition coefficient (Wildman–Crippen LogP) is 3.50. The summed E-state index contributed by atoms with van der Waals surface area (Å²) < 4.78 is 21.8. The number of fused-ring (bicyclic) bond motifs is 1. The Kier molecular flexibility index (Phi) is 4.93. The third-order valence-corrected chi connectivity index (χ3v) is 4.45. The molecule has 7 heteroatoms. The van der Waals surface area contributed by atoms with Crippen LogP contribution in [-0.2, 0) is 13.1 Å². The number of rotatable bonds is 7. The van der Waals surface area contributed by atoms with Crippen LogP contribution in [-0.4, -0.2) is 35.5 Å². The standard InChI is InChI=1S/C20H21N3O4/c1-3-23(11-14-4-9-17-18(10-14)26-13-25-17)12-19-21-22-20(27-19)15-5-7-16(24-2)8-6-15/h4-10H,3,11-13H2,1-2H3. The lowest BCUT2D eigenvalue weighted by Crippen LogP contribution is -2.22. The zero-order valence-corrected chi connectivity index (χ0v) is 15.3. The van der Waals surface area contributed by atoms with Crippen LogP contribution in [0.15, 0.2) is 46.9 Å². The predicted molar refractivity (Wildman–Crippen MR) is 98.6 cm³/mol. The van der Waals surface area contributed by atoms with Crippen LogP contribution in [0.25, 0.3) is 11.5 Å². The molecule has 1 aliphatic rings. The van der Waals surface area contributed by atoms with Crippen molar-refractivity contribution < 1.29 is 18.6 Å². The summed E-state index contributed by atoms with van der Waals surface area (Å²) in [6.07, 6.45) is 0. The molecule has 0 spiro atoms. The molecule has 140 valence electrons. The first-order valence-electron chi connectivity index (χ1n) is 8.83. The van der Waals surface area contributed by atoms with Gasteiger partial charge in [0.1, 0.15) is 5.75 Å². The van der Waals surface area contributed by atoms with E-state index >= 15 is 0 Å². The van der Waals surface area contributed by atoms with E-state index in [4.69, 9.17) is 18.6 Å². The molecule has 0 saturated carbocycles. The molecule has 0 bridgehead atoms. The number of nitrogens with zero attached hydrogens (tertiary/aromatic N) is 3. The molecule has 1 aliphatic heterocycles. The number of hydrogen-bond acceptors (Lipinski definition) is 7. The smallest absolute Gasteiger partial charge is 0.247 e. The number of hydrogen-bond donors (Lipinski definition) is 0. The largest absolute Gasteiger partial charge is 0.497 e. The van der Waals surface area contributed by atoms with Gasteiger partial charge in [-0.3, -0.25) is 4.90 Å². The van der Waals surface area contributed by atoms with E-state index in [0.29, 0.717) is 18.3 Å². The molecule has 0 saturated heterocycles. The number of methoxy groups -OCH3 is 1. The SMILES string of the molecule is CCN(Cc1ccc2c(c1)OCO2)Cc1nnc(-c2ccc(OC)cc2)o1. The van der Waals surface area contributed by atoms with Crippen LogP contribution in [0.3, 0.4) is 0 Å². The molecular formula is C20H21N3O4. The van der Waals surface area contributed by atoms with E-state index in [2.05, 4.69) is 22.0 Å². The topological polar surface area (TPSA) is 69.9 Å². The Balaban J connectivity index is 1.43. The molecule has 4 rings (SSSR count). The number of benzene rings is 2. The van der Waals surface area contributed by atoms with E-state index in [1.54, 1.807) is 7.11 Å². The van der Waals surface area contributed by atoms with Gasteiger partial charge in [0.25, 0.3) is 0 Å². The van der Waals surface area contributed by atoms with E-state index in [9.17, 15) is 0 Å². The lowest BCUT2D eigenvalue weighted by Gasteiger charge is -2.18. The van der Waals surface area contributed by atoms with Gasteiger partial charge in [-0.05, 0) is 48.5 Å². The van der Waals surface area contributed by atoms with Crippen LogP contribution in [0.4, 0.5) is 0 Å². The molecule has 0 atom stereocenters. The summed E-state index contributed by atoms with van der Waals surface area (Å²) in [5.74, 6) is 3.47. The van der Waals surface area contributed by atoms with Crippen molar-refractivity contribution in [1.29, 1.82) is 0 Å². The molecule has 1 aromatic heterocycles. The van der Waals surface area contributed by atoms with Gasteiger partial charge in [-0.25, -0.2) is 0 Å². The van der Waals surface area contributed by atoms with Gasteiger partial charge >= 0.3 is 0 Å². The van der Waals surface area contributed by atoms with E-state index < -0.39 is 0 Å². The van der Waals surface area contributed by atoms with Crippen molar-refractivity contribution in [1.82, 2.24) is 15.1 Å². The molecule has 2 aromatic carbocycles. The zero-order valence-electron chi connectivity index (χ0n) is 15.3. The van der Waals surface area contributed by atoms with E-state index in [1.807, 2.05) is 42.5 Å². The van der Waals surface area contributed by atoms with Crippen LogP contribution in [0.1, 0.15) is 18.4 Å². The highest BCUT2D eigenvalue weighted by atomic mass is 16.7. The van der Waals surface area contributed by atoms with Crippen molar-refractivity contribution >= 4 is 0 Å². The minimum absolute atomic E-state index is 0.284. The maximum atomic E-state index is 5.84. The molecule has 0 N–H and O–H groups in total. The monoisotopic (exact) mass is 367 g/mol. The Morgan fingerprint density at radius 1 is 1.00 bits per heavy atom. The average Bonchev–Trinajstić information content (AvgIpc) is 3.36. The Hall–Kier alpha value is -3.06. The summed E-state index contributed by atoms with van der Waals surface area (Å²) in [5, 5.41) is 8.35. The van der Waals surface area contributed by atoms with E-state index in [1.165, 1.54) is 0 Å². The molecule has 0 unspecified atom stereocenters. The first-order chi connectivity index (χ1) is 13.2. The Bertz CT molecular complexity index is 908. The fourth-order valence-corrected chi connectivity index (χ4v) is 2.94. The second-order valence-corrected chi connectivity index (χ2v) is 6.22. The Morgan fingerprint density at radius 3 is 2.59 bits per heavy atom. The Labute approximate surface area is 157 Å². The molecule has 2 heterocycles. The summed E-state index contributed by atoms with van der Waals surface area (Å²) in [6.45, 7) is 4.58. The van der Waals surface area contributed by atoms with Gasteiger partial charge in [-0.2, -0.15) is 0 Å². The lowest BCUT2D eigenvalue weighted by atomic mass is 10.2. The summed E-state index contributed by atoms with van der Waals surface area (Å²) in [5.41, 5.74) is 2.02. The van der Waals surface area contributed by atoms with Crippen molar-refractivity contribution in [2.45, 2.75) is 20.0 Å². The highest BCUT2D eigenvalue weighted by Gasteiger charge is 2.16. The minimum atomic E-state index is 0.284. The molecule has 0 amide bonds. The first-order valence-corrected chi connectivity index (χ1v) is 8.83. The first kappa shape index (κ1) is 17.4. The fraction of sp³-hybridized carbons (Fsp3) is 0.300. The minimum Gasteiger partial charge on any atom is -0.497 e. The molecule has 0 fully saturated rings. The fourth-order valence-electron chi connectivity index (χ4n) is 2.94. The number of aromatic nitrogens is 2. The van der Waals surface area contributed by atoms with Crippen LogP contribution >= 0.6 is 0 Å². The highest BCUT2D eigenvalue weighted by Crippen LogP contribution is 2.33. The highest BCUT2D eigenvalue weighted by molar-refractivity contribution is 5.53. The van der Waals surface area contributed by atoms with Gasteiger partial charge in [-0.15, -0.1) is 10.2 Å². The van der Waals surface area contributed by atoms with Gasteiger partial charge in [0.05, 0.1) is 13.7 Å². The maximum Gasteiger partial charge on any atom is 0.247 e. The summed E-state index contributed by atoms with van der Waals surface area (Å²) >= 11 is 0. The summed E-state index contributed by atoms with van der Waals surface area (Å²) in [6, 6.07) is 13.6.